The minimum atomic E-state index is -1.03. The van der Waals surface area contributed by atoms with Crippen molar-refractivity contribution < 1.29 is 28.7 Å². The fourth-order valence-corrected chi connectivity index (χ4v) is 6.22. The first-order valence-corrected chi connectivity index (χ1v) is 15.1. The Kier molecular flexibility index (Phi) is 9.88. The molecule has 0 atom stereocenters. The third-order valence-electron chi connectivity index (χ3n) is 7.06. The number of rotatable bonds is 8. The summed E-state index contributed by atoms with van der Waals surface area (Å²) in [6.45, 7) is 0. The number of anilines is 1. The predicted octanol–water partition coefficient (Wildman–Crippen LogP) is 5.93. The topological polar surface area (TPSA) is 135 Å². The highest BCUT2D eigenvalue weighted by Gasteiger charge is 2.22. The number of thiophene rings is 1. The van der Waals surface area contributed by atoms with Gasteiger partial charge in [0.25, 0.3) is 5.91 Å². The van der Waals surface area contributed by atoms with Gasteiger partial charge in [0.1, 0.15) is 4.88 Å². The Morgan fingerprint density at radius 3 is 2.45 bits per heavy atom. The number of nitrogens with one attached hydrogen (secondary N) is 3. The van der Waals surface area contributed by atoms with Crippen LogP contribution in [0.1, 0.15) is 57.7 Å². The van der Waals surface area contributed by atoms with Gasteiger partial charge in [-0.25, -0.2) is 10.2 Å². The van der Waals surface area contributed by atoms with Crippen LogP contribution in [0, 0.1) is 0 Å². The Morgan fingerprint density at radius 2 is 1.68 bits per heavy atom. The molecule has 0 bridgehead atoms. The lowest BCUT2D eigenvalue weighted by Gasteiger charge is -2.23. The molecule has 3 N–H and O–H groups in total. The summed E-state index contributed by atoms with van der Waals surface area (Å²) in [4.78, 5) is 51.0. The van der Waals surface area contributed by atoms with Gasteiger partial charge in [0.2, 0.25) is 0 Å². The van der Waals surface area contributed by atoms with E-state index < -0.39 is 17.8 Å². The van der Waals surface area contributed by atoms with E-state index in [0.717, 1.165) is 42.2 Å². The van der Waals surface area contributed by atoms with Crippen LogP contribution < -0.4 is 25.5 Å². The number of hydrogen-bond donors (Lipinski definition) is 3. The van der Waals surface area contributed by atoms with Gasteiger partial charge in [-0.2, -0.15) is 5.10 Å². The maximum Gasteiger partial charge on any atom is 0.355 e. The summed E-state index contributed by atoms with van der Waals surface area (Å²) < 4.78 is 11.8. The smallest absolute Gasteiger partial charge is 0.355 e. The first-order valence-electron chi connectivity index (χ1n) is 14.0. The molecule has 12 heteroatoms. The standard InChI is InChI=1S/C32H29ClN4O6S/c1-42-25-17-19(15-16-24(25)43-32(41)28-27(33)22-12-6-8-14-26(22)44-28)18-34-37-31(40)30(39)36-23-13-7-5-11-21(23)29(38)35-20-9-3-2-4-10-20/h5-8,11-18,20H,2-4,9-10H2,1H3,(H,35,38)(H,36,39)(H,37,40)/b34-18-. The highest BCUT2D eigenvalue weighted by atomic mass is 35.5. The van der Waals surface area contributed by atoms with E-state index in [0.29, 0.717) is 10.6 Å². The molecule has 0 saturated heterocycles. The molecule has 10 nitrogen and oxygen atoms in total. The Labute approximate surface area is 262 Å². The maximum atomic E-state index is 12.9. The van der Waals surface area contributed by atoms with Gasteiger partial charge < -0.3 is 20.1 Å². The summed E-state index contributed by atoms with van der Waals surface area (Å²) in [6.07, 6.45) is 6.43. The highest BCUT2D eigenvalue weighted by Crippen LogP contribution is 2.37. The number of methoxy groups -OCH3 is 1. The number of para-hydroxylation sites is 1. The number of fused-ring (bicyclic) bond motifs is 1. The van der Waals surface area contributed by atoms with Crippen LogP contribution in [0.3, 0.4) is 0 Å². The van der Waals surface area contributed by atoms with Crippen LogP contribution in [0.4, 0.5) is 5.69 Å². The SMILES string of the molecule is COc1cc(/C=N\NC(=O)C(=O)Nc2ccccc2C(=O)NC2CCCCC2)ccc1OC(=O)c1sc2ccccc2c1Cl. The van der Waals surface area contributed by atoms with Crippen LogP contribution in [-0.4, -0.2) is 43.1 Å². The maximum absolute atomic E-state index is 12.9. The van der Waals surface area contributed by atoms with Crippen LogP contribution in [0.15, 0.2) is 71.8 Å². The highest BCUT2D eigenvalue weighted by molar-refractivity contribution is 7.21. The van der Waals surface area contributed by atoms with Gasteiger partial charge in [-0.3, -0.25) is 14.4 Å². The Balaban J connectivity index is 1.18. The van der Waals surface area contributed by atoms with Gasteiger partial charge in [0.15, 0.2) is 11.5 Å². The van der Waals surface area contributed by atoms with Crippen LogP contribution in [0.5, 0.6) is 11.5 Å². The minimum Gasteiger partial charge on any atom is -0.493 e. The fourth-order valence-electron chi connectivity index (χ4n) is 4.84. The lowest BCUT2D eigenvalue weighted by molar-refractivity contribution is -0.136. The summed E-state index contributed by atoms with van der Waals surface area (Å²) in [5, 5.41) is 10.4. The number of nitrogens with zero attached hydrogens (tertiary/aromatic N) is 1. The minimum absolute atomic E-state index is 0.0948. The van der Waals surface area contributed by atoms with E-state index >= 15 is 0 Å². The summed E-state index contributed by atoms with van der Waals surface area (Å²) >= 11 is 7.64. The van der Waals surface area contributed by atoms with E-state index in [1.165, 1.54) is 30.7 Å². The van der Waals surface area contributed by atoms with Gasteiger partial charge in [-0.1, -0.05) is 61.2 Å². The summed E-state index contributed by atoms with van der Waals surface area (Å²) in [5.74, 6) is -2.53. The molecule has 5 rings (SSSR count). The molecule has 0 spiro atoms. The molecule has 0 aliphatic heterocycles. The van der Waals surface area contributed by atoms with E-state index in [4.69, 9.17) is 21.1 Å². The molecule has 4 aromatic rings. The van der Waals surface area contributed by atoms with Crippen molar-refractivity contribution >= 4 is 68.6 Å². The van der Waals surface area contributed by atoms with Crippen molar-refractivity contribution in [1.82, 2.24) is 10.7 Å². The molecule has 0 radical (unpaired) electrons. The van der Waals surface area contributed by atoms with Crippen molar-refractivity contribution in [3.8, 4) is 11.5 Å². The zero-order valence-corrected chi connectivity index (χ0v) is 25.3. The van der Waals surface area contributed by atoms with E-state index in [1.54, 1.807) is 36.4 Å². The second-order valence-electron chi connectivity index (χ2n) is 10.0. The first kappa shape index (κ1) is 30.7. The van der Waals surface area contributed by atoms with Crippen LogP contribution >= 0.6 is 22.9 Å². The molecule has 226 valence electrons. The normalized spacial score (nSPS) is 13.4. The van der Waals surface area contributed by atoms with Crippen molar-refractivity contribution in [2.75, 3.05) is 12.4 Å². The van der Waals surface area contributed by atoms with Gasteiger partial charge in [-0.05, 0) is 54.8 Å². The monoisotopic (exact) mass is 632 g/mol. The zero-order valence-electron chi connectivity index (χ0n) is 23.7. The van der Waals surface area contributed by atoms with E-state index in [1.807, 2.05) is 24.3 Å². The molecule has 3 amide bonds. The molecule has 1 saturated carbocycles. The number of esters is 1. The summed E-state index contributed by atoms with van der Waals surface area (Å²) in [6, 6.07) is 18.7. The second kappa shape index (κ2) is 14.2. The number of hydrogen-bond acceptors (Lipinski definition) is 8. The number of halogens is 1. The zero-order chi connectivity index (χ0) is 31.1. The van der Waals surface area contributed by atoms with Crippen molar-refractivity contribution in [2.45, 2.75) is 38.1 Å². The average molecular weight is 633 g/mol. The fraction of sp³-hybridized carbons (Fsp3) is 0.219. The van der Waals surface area contributed by atoms with Crippen molar-refractivity contribution in [1.29, 1.82) is 0 Å². The molecule has 0 unspecified atom stereocenters. The number of ether oxygens (including phenoxy) is 2. The third kappa shape index (κ3) is 7.24. The van der Waals surface area contributed by atoms with Crippen molar-refractivity contribution in [2.24, 2.45) is 5.10 Å². The van der Waals surface area contributed by atoms with Crippen LogP contribution in [-0.2, 0) is 9.59 Å². The lowest BCUT2D eigenvalue weighted by atomic mass is 9.95. The van der Waals surface area contributed by atoms with Crippen molar-refractivity contribution in [3.05, 3.63) is 87.8 Å². The second-order valence-corrected chi connectivity index (χ2v) is 11.5. The van der Waals surface area contributed by atoms with Gasteiger partial charge in [0.05, 0.1) is 29.6 Å². The number of carbonyl (C=O) groups excluding carboxylic acids is 4. The molecular weight excluding hydrogens is 604 g/mol. The van der Waals surface area contributed by atoms with Gasteiger partial charge >= 0.3 is 17.8 Å². The molecule has 1 aliphatic rings. The average Bonchev–Trinajstić information content (AvgIpc) is 3.38. The molecule has 1 aliphatic carbocycles. The van der Waals surface area contributed by atoms with E-state index in [2.05, 4.69) is 21.2 Å². The van der Waals surface area contributed by atoms with Gasteiger partial charge in [0, 0.05) is 16.1 Å². The molecule has 1 heterocycles. The predicted molar refractivity (Wildman–Crippen MR) is 170 cm³/mol. The van der Waals surface area contributed by atoms with Crippen LogP contribution in [0.2, 0.25) is 5.02 Å². The first-order chi connectivity index (χ1) is 21.3. The number of carbonyl (C=O) groups is 4. The van der Waals surface area contributed by atoms with Crippen molar-refractivity contribution in [3.63, 3.8) is 0 Å². The van der Waals surface area contributed by atoms with E-state index in [-0.39, 0.29) is 39.6 Å². The quantitative estimate of drug-likeness (QED) is 0.0724. The Bertz CT molecular complexity index is 1750. The number of benzene rings is 3. The third-order valence-corrected chi connectivity index (χ3v) is 8.71. The van der Waals surface area contributed by atoms with Gasteiger partial charge in [-0.15, -0.1) is 11.3 Å². The Morgan fingerprint density at radius 1 is 0.932 bits per heavy atom. The van der Waals surface area contributed by atoms with E-state index in [9.17, 15) is 19.2 Å². The lowest BCUT2D eigenvalue weighted by Crippen LogP contribution is -2.37. The molecule has 44 heavy (non-hydrogen) atoms. The number of amides is 3. The largest absolute Gasteiger partial charge is 0.493 e. The summed E-state index contributed by atoms with van der Waals surface area (Å²) in [5.41, 5.74) is 3.15. The number of hydrazone groups is 1. The van der Waals surface area contributed by atoms with Crippen LogP contribution in [0.25, 0.3) is 10.1 Å². The molecule has 1 aromatic heterocycles. The molecule has 3 aromatic carbocycles. The summed E-state index contributed by atoms with van der Waals surface area (Å²) in [7, 11) is 1.42. The molecule has 1 fully saturated rings. The molecular formula is C32H29ClN4O6S. The Hall–Kier alpha value is -4.74.